The van der Waals surface area contributed by atoms with Gasteiger partial charge in [-0.15, -0.1) is 0 Å². The normalized spacial score (nSPS) is 10.8. The van der Waals surface area contributed by atoms with Gasteiger partial charge in [0.15, 0.2) is 0 Å². The summed E-state index contributed by atoms with van der Waals surface area (Å²) in [6.45, 7) is 3.53. The summed E-state index contributed by atoms with van der Waals surface area (Å²) in [5, 5.41) is 4.44. The van der Waals surface area contributed by atoms with Gasteiger partial charge in [0.25, 0.3) is 0 Å². The van der Waals surface area contributed by atoms with Crippen LogP contribution in [-0.4, -0.2) is 25.7 Å². The van der Waals surface area contributed by atoms with E-state index in [1.54, 1.807) is 14.2 Å². The first kappa shape index (κ1) is 15.1. The van der Waals surface area contributed by atoms with Crippen LogP contribution in [0.1, 0.15) is 19.0 Å². The molecule has 0 aliphatic heterocycles. The average Bonchev–Trinajstić information content (AvgIpc) is 2.46. The van der Waals surface area contributed by atoms with Crippen LogP contribution in [0.25, 0.3) is 10.9 Å². The minimum atomic E-state index is 0.487. The molecule has 0 spiro atoms. The molecule has 0 bridgehead atoms. The van der Waals surface area contributed by atoms with Gasteiger partial charge in [-0.2, -0.15) is 0 Å². The molecule has 1 aromatic heterocycles. The number of fused-ring (bicyclic) bond motifs is 1. The van der Waals surface area contributed by atoms with Crippen molar-refractivity contribution in [1.82, 2.24) is 4.98 Å². The second-order valence-corrected chi connectivity index (χ2v) is 5.35. The highest BCUT2D eigenvalue weighted by Gasteiger charge is 2.13. The van der Waals surface area contributed by atoms with Crippen molar-refractivity contribution in [2.45, 2.75) is 20.0 Å². The number of hydrogen-bond donors (Lipinski definition) is 1. The van der Waals surface area contributed by atoms with E-state index in [4.69, 9.17) is 9.47 Å². The third kappa shape index (κ3) is 3.04. The number of benzene rings is 1. The lowest BCUT2D eigenvalue weighted by Gasteiger charge is -2.14. The van der Waals surface area contributed by atoms with Crippen LogP contribution in [0.2, 0.25) is 0 Å². The molecule has 1 N–H and O–H groups in total. The van der Waals surface area contributed by atoms with Crippen LogP contribution < -0.4 is 10.1 Å². The standard InChI is InChI=1S/C15H19BrN2O2/c1-4-7-17-12-8-10(9-19-2)18-15-11(16)5-6-13(20-3)14(12)15/h5-6,8H,4,7,9H2,1-3H3,(H,17,18). The highest BCUT2D eigenvalue weighted by atomic mass is 79.9. The van der Waals surface area contributed by atoms with Crippen molar-refractivity contribution in [3.63, 3.8) is 0 Å². The zero-order valence-corrected chi connectivity index (χ0v) is 13.6. The van der Waals surface area contributed by atoms with Crippen molar-refractivity contribution < 1.29 is 9.47 Å². The third-order valence-corrected chi connectivity index (χ3v) is 3.64. The monoisotopic (exact) mass is 338 g/mol. The lowest BCUT2D eigenvalue weighted by Crippen LogP contribution is -2.04. The summed E-state index contributed by atoms with van der Waals surface area (Å²) in [7, 11) is 3.35. The predicted molar refractivity (Wildman–Crippen MR) is 85.5 cm³/mol. The van der Waals surface area contributed by atoms with Gasteiger partial charge in [-0.05, 0) is 40.5 Å². The van der Waals surface area contributed by atoms with Crippen LogP contribution in [-0.2, 0) is 11.3 Å². The molecule has 0 saturated carbocycles. The SMILES string of the molecule is CCCNc1cc(COC)nc2c(Br)ccc(OC)c12. The number of ether oxygens (including phenoxy) is 2. The highest BCUT2D eigenvalue weighted by Crippen LogP contribution is 2.36. The molecule has 0 fully saturated rings. The first-order valence-electron chi connectivity index (χ1n) is 6.60. The molecule has 5 heteroatoms. The van der Waals surface area contributed by atoms with Crippen molar-refractivity contribution >= 4 is 32.5 Å². The molecule has 1 aromatic carbocycles. The average molecular weight is 339 g/mol. The summed E-state index contributed by atoms with van der Waals surface area (Å²) in [4.78, 5) is 4.65. The van der Waals surface area contributed by atoms with Crippen LogP contribution in [0.4, 0.5) is 5.69 Å². The number of hydrogen-bond acceptors (Lipinski definition) is 4. The summed E-state index contributed by atoms with van der Waals surface area (Å²) in [6.07, 6.45) is 1.06. The van der Waals surface area contributed by atoms with Gasteiger partial charge >= 0.3 is 0 Å². The van der Waals surface area contributed by atoms with Gasteiger partial charge in [-0.25, -0.2) is 4.98 Å². The van der Waals surface area contributed by atoms with Crippen LogP contribution in [0.15, 0.2) is 22.7 Å². The van der Waals surface area contributed by atoms with Gasteiger partial charge in [0.05, 0.1) is 30.3 Å². The van der Waals surface area contributed by atoms with Gasteiger partial charge in [0, 0.05) is 23.8 Å². The first-order chi connectivity index (χ1) is 9.71. The Morgan fingerprint density at radius 1 is 1.30 bits per heavy atom. The number of halogens is 1. The second kappa shape index (κ2) is 6.90. The summed E-state index contributed by atoms with van der Waals surface area (Å²) >= 11 is 3.56. The minimum absolute atomic E-state index is 0.487. The number of nitrogens with zero attached hydrogens (tertiary/aromatic N) is 1. The van der Waals surface area contributed by atoms with Gasteiger partial charge in [-0.1, -0.05) is 6.92 Å². The Hall–Kier alpha value is -1.33. The predicted octanol–water partition coefficient (Wildman–Crippen LogP) is 3.97. The van der Waals surface area contributed by atoms with Gasteiger partial charge < -0.3 is 14.8 Å². The molecule has 4 nitrogen and oxygen atoms in total. The molecular weight excluding hydrogens is 320 g/mol. The van der Waals surface area contributed by atoms with Crippen LogP contribution in [0.3, 0.4) is 0 Å². The molecule has 0 aliphatic carbocycles. The third-order valence-electron chi connectivity index (χ3n) is 3.00. The zero-order chi connectivity index (χ0) is 14.5. The Morgan fingerprint density at radius 3 is 2.75 bits per heavy atom. The van der Waals surface area contributed by atoms with Crippen molar-refractivity contribution in [1.29, 1.82) is 0 Å². The van der Waals surface area contributed by atoms with Crippen LogP contribution >= 0.6 is 15.9 Å². The summed E-state index contributed by atoms with van der Waals surface area (Å²) < 4.78 is 11.6. The van der Waals surface area contributed by atoms with Crippen molar-refractivity contribution in [2.75, 3.05) is 26.1 Å². The fraction of sp³-hybridized carbons (Fsp3) is 0.400. The Labute approximate surface area is 127 Å². The quantitative estimate of drug-likeness (QED) is 0.865. The van der Waals surface area contributed by atoms with Crippen molar-refractivity contribution in [3.8, 4) is 5.75 Å². The number of anilines is 1. The molecule has 0 saturated heterocycles. The van der Waals surface area contributed by atoms with Crippen LogP contribution in [0.5, 0.6) is 5.75 Å². The molecule has 1 heterocycles. The molecular formula is C15H19BrN2O2. The Kier molecular flexibility index (Phi) is 5.20. The molecule has 0 unspecified atom stereocenters. The molecule has 0 radical (unpaired) electrons. The van der Waals surface area contributed by atoms with E-state index in [0.29, 0.717) is 6.61 Å². The van der Waals surface area contributed by atoms with E-state index in [9.17, 15) is 0 Å². The molecule has 108 valence electrons. The second-order valence-electron chi connectivity index (χ2n) is 4.49. The topological polar surface area (TPSA) is 43.4 Å². The minimum Gasteiger partial charge on any atom is -0.496 e. The highest BCUT2D eigenvalue weighted by molar-refractivity contribution is 9.10. The lowest BCUT2D eigenvalue weighted by molar-refractivity contribution is 0.182. The van der Waals surface area contributed by atoms with Crippen molar-refractivity contribution in [3.05, 3.63) is 28.4 Å². The van der Waals surface area contributed by atoms with E-state index in [1.807, 2.05) is 18.2 Å². The molecule has 20 heavy (non-hydrogen) atoms. The Balaban J connectivity index is 2.66. The number of pyridine rings is 1. The number of aromatic nitrogens is 1. The van der Waals surface area contributed by atoms with E-state index < -0.39 is 0 Å². The Morgan fingerprint density at radius 2 is 2.10 bits per heavy atom. The van der Waals surface area contributed by atoms with E-state index in [0.717, 1.165) is 45.5 Å². The number of methoxy groups -OCH3 is 2. The van der Waals surface area contributed by atoms with Gasteiger partial charge in [0.2, 0.25) is 0 Å². The maximum absolute atomic E-state index is 5.47. The maximum atomic E-state index is 5.47. The van der Waals surface area contributed by atoms with E-state index in [1.165, 1.54) is 0 Å². The summed E-state index contributed by atoms with van der Waals surface area (Å²) in [5.74, 6) is 0.818. The summed E-state index contributed by atoms with van der Waals surface area (Å²) in [5.41, 5.74) is 2.81. The van der Waals surface area contributed by atoms with Crippen molar-refractivity contribution in [2.24, 2.45) is 0 Å². The summed E-state index contributed by atoms with van der Waals surface area (Å²) in [6, 6.07) is 5.92. The fourth-order valence-corrected chi connectivity index (χ4v) is 2.54. The van der Waals surface area contributed by atoms with E-state index >= 15 is 0 Å². The maximum Gasteiger partial charge on any atom is 0.130 e. The molecule has 2 rings (SSSR count). The smallest absolute Gasteiger partial charge is 0.130 e. The molecule has 0 aliphatic rings. The van der Waals surface area contributed by atoms with E-state index in [2.05, 4.69) is 33.2 Å². The molecule has 2 aromatic rings. The number of rotatable bonds is 6. The number of nitrogens with one attached hydrogen (secondary N) is 1. The fourth-order valence-electron chi connectivity index (χ4n) is 2.12. The van der Waals surface area contributed by atoms with Crippen LogP contribution in [0, 0.1) is 0 Å². The molecule has 0 amide bonds. The first-order valence-corrected chi connectivity index (χ1v) is 7.39. The lowest BCUT2D eigenvalue weighted by atomic mass is 10.1. The largest absolute Gasteiger partial charge is 0.496 e. The zero-order valence-electron chi connectivity index (χ0n) is 12.0. The Bertz CT molecular complexity index is 602. The van der Waals surface area contributed by atoms with Gasteiger partial charge in [0.1, 0.15) is 5.75 Å². The molecule has 0 atom stereocenters. The van der Waals surface area contributed by atoms with E-state index in [-0.39, 0.29) is 0 Å². The van der Waals surface area contributed by atoms with Gasteiger partial charge in [-0.3, -0.25) is 0 Å².